The molecule has 0 aliphatic carbocycles. The summed E-state index contributed by atoms with van der Waals surface area (Å²) in [5, 5.41) is 4.88. The summed E-state index contributed by atoms with van der Waals surface area (Å²) in [4.78, 5) is 11.1. The van der Waals surface area contributed by atoms with E-state index in [4.69, 9.17) is 0 Å². The molecule has 0 radical (unpaired) electrons. The summed E-state index contributed by atoms with van der Waals surface area (Å²) in [6, 6.07) is 11.0. The number of benzene rings is 3. The van der Waals surface area contributed by atoms with Gasteiger partial charge in [0.15, 0.2) is 0 Å². The zero-order valence-electron chi connectivity index (χ0n) is 17.1. The molecule has 186 valence electrons. The molecule has 0 atom stereocenters. The summed E-state index contributed by atoms with van der Waals surface area (Å²) in [6.45, 7) is 0. The van der Waals surface area contributed by atoms with Gasteiger partial charge in [0.05, 0.1) is 33.1 Å². The number of urea groups is 1. The van der Waals surface area contributed by atoms with Crippen LogP contribution >= 0.6 is 15.9 Å². The van der Waals surface area contributed by atoms with Crippen molar-refractivity contribution in [2.24, 2.45) is 0 Å². The third kappa shape index (κ3) is 6.66. The second-order valence-electron chi connectivity index (χ2n) is 6.95. The van der Waals surface area contributed by atoms with Crippen molar-refractivity contribution in [1.29, 1.82) is 0 Å². The van der Waals surface area contributed by atoms with Gasteiger partial charge in [0.1, 0.15) is 0 Å². The molecule has 0 unspecified atom stereocenters. The molecule has 0 heterocycles. The molecule has 0 aliphatic heterocycles. The third-order valence-electron chi connectivity index (χ3n) is 4.41. The molecule has 0 fully saturated rings. The van der Waals surface area contributed by atoms with E-state index in [0.29, 0.717) is 10.2 Å². The number of sulfonamides is 1. The highest BCUT2D eigenvalue weighted by molar-refractivity contribution is 9.10. The molecule has 0 saturated carbocycles. The van der Waals surface area contributed by atoms with Gasteiger partial charge in [-0.2, -0.15) is 26.3 Å². The van der Waals surface area contributed by atoms with Crippen molar-refractivity contribution in [3.05, 3.63) is 82.3 Å². The highest BCUT2D eigenvalue weighted by atomic mass is 79.9. The van der Waals surface area contributed by atoms with Crippen LogP contribution in [0.15, 0.2) is 76.1 Å². The van der Waals surface area contributed by atoms with Gasteiger partial charge >= 0.3 is 18.4 Å². The Morgan fingerprint density at radius 1 is 0.714 bits per heavy atom. The van der Waals surface area contributed by atoms with Crippen molar-refractivity contribution >= 4 is 49.0 Å². The van der Waals surface area contributed by atoms with Crippen LogP contribution in [0.3, 0.4) is 0 Å². The molecular formula is C21H14BrF6N3O3S. The van der Waals surface area contributed by atoms with Crippen LogP contribution in [0.4, 0.5) is 48.2 Å². The van der Waals surface area contributed by atoms with E-state index < -0.39 is 44.4 Å². The summed E-state index contributed by atoms with van der Waals surface area (Å²) < 4.78 is 107. The fourth-order valence-electron chi connectivity index (χ4n) is 2.80. The number of amides is 2. The van der Waals surface area contributed by atoms with Crippen molar-refractivity contribution in [1.82, 2.24) is 0 Å². The molecule has 0 spiro atoms. The first-order valence-electron chi connectivity index (χ1n) is 9.41. The predicted molar refractivity (Wildman–Crippen MR) is 120 cm³/mol. The fourth-order valence-corrected chi connectivity index (χ4v) is 4.34. The van der Waals surface area contributed by atoms with Gasteiger partial charge in [0.25, 0.3) is 10.0 Å². The molecule has 6 nitrogen and oxygen atoms in total. The first-order chi connectivity index (χ1) is 16.2. The maximum absolute atomic E-state index is 13.1. The molecule has 14 heteroatoms. The van der Waals surface area contributed by atoms with Crippen LogP contribution in [0, 0.1) is 0 Å². The molecule has 0 bridgehead atoms. The SMILES string of the molecule is O=C(Nc1ccccc1Br)Nc1ccccc1NS(=O)(=O)c1cc(C(F)(F)F)cc(C(F)(F)F)c1. The molecule has 3 aromatic carbocycles. The second kappa shape index (κ2) is 9.77. The number of halogens is 7. The Morgan fingerprint density at radius 2 is 1.17 bits per heavy atom. The number of anilines is 3. The molecule has 3 aromatic rings. The van der Waals surface area contributed by atoms with Gasteiger partial charge in [0.2, 0.25) is 0 Å². The molecule has 2 amide bonds. The van der Waals surface area contributed by atoms with Crippen LogP contribution in [0.1, 0.15) is 11.1 Å². The minimum absolute atomic E-state index is 0.0905. The van der Waals surface area contributed by atoms with E-state index in [0.717, 1.165) is 0 Å². The number of hydrogen-bond acceptors (Lipinski definition) is 3. The molecular weight excluding hydrogens is 568 g/mol. The second-order valence-corrected chi connectivity index (χ2v) is 9.49. The van der Waals surface area contributed by atoms with Crippen molar-refractivity contribution in [2.45, 2.75) is 17.2 Å². The van der Waals surface area contributed by atoms with Gasteiger partial charge in [-0.15, -0.1) is 0 Å². The molecule has 0 saturated heterocycles. The lowest BCUT2D eigenvalue weighted by Crippen LogP contribution is -2.22. The monoisotopic (exact) mass is 581 g/mol. The van der Waals surface area contributed by atoms with E-state index in [2.05, 4.69) is 26.6 Å². The standard InChI is InChI=1S/C21H14BrF6N3O3S/c22-15-5-1-2-6-16(15)29-19(32)30-17-7-3-4-8-18(17)31-35(33,34)14-10-12(20(23,24)25)9-13(11-14)21(26,27)28/h1-11,31H,(H2,29,30,32). The molecule has 0 aliphatic rings. The number of hydrogen-bond donors (Lipinski definition) is 3. The van der Waals surface area contributed by atoms with Crippen LogP contribution < -0.4 is 15.4 Å². The number of para-hydroxylation sites is 3. The third-order valence-corrected chi connectivity index (χ3v) is 6.45. The van der Waals surface area contributed by atoms with E-state index in [9.17, 15) is 39.6 Å². The maximum atomic E-state index is 13.1. The summed E-state index contributed by atoms with van der Waals surface area (Å²) in [5.41, 5.74) is -3.59. The number of carbonyl (C=O) groups is 1. The number of nitrogens with one attached hydrogen (secondary N) is 3. The van der Waals surface area contributed by atoms with Gasteiger partial charge in [-0.25, -0.2) is 13.2 Å². The Hall–Kier alpha value is -3.26. The average Bonchev–Trinajstić information content (AvgIpc) is 2.75. The van der Waals surface area contributed by atoms with E-state index in [1.165, 1.54) is 24.3 Å². The highest BCUT2D eigenvalue weighted by Gasteiger charge is 2.38. The Bertz CT molecular complexity index is 1330. The van der Waals surface area contributed by atoms with E-state index >= 15 is 0 Å². The van der Waals surface area contributed by atoms with Crippen molar-refractivity contribution in [3.63, 3.8) is 0 Å². The Balaban J connectivity index is 1.92. The first-order valence-corrected chi connectivity index (χ1v) is 11.7. The highest BCUT2D eigenvalue weighted by Crippen LogP contribution is 2.38. The van der Waals surface area contributed by atoms with Gasteiger partial charge in [-0.05, 0) is 58.4 Å². The molecule has 0 aromatic heterocycles. The zero-order valence-corrected chi connectivity index (χ0v) is 19.5. The predicted octanol–water partition coefficient (Wildman–Crippen LogP) is 6.93. The van der Waals surface area contributed by atoms with Crippen LogP contribution in [0.2, 0.25) is 0 Å². The van der Waals surface area contributed by atoms with Crippen LogP contribution in [-0.2, 0) is 22.4 Å². The Kier molecular flexibility index (Phi) is 7.36. The van der Waals surface area contributed by atoms with Gasteiger partial charge in [0, 0.05) is 4.47 Å². The van der Waals surface area contributed by atoms with Crippen LogP contribution in [0.5, 0.6) is 0 Å². The maximum Gasteiger partial charge on any atom is 0.416 e. The minimum atomic E-state index is -5.23. The summed E-state index contributed by atoms with van der Waals surface area (Å²) in [6.07, 6.45) is -10.5. The quantitative estimate of drug-likeness (QED) is 0.285. The van der Waals surface area contributed by atoms with Gasteiger partial charge in [-0.3, -0.25) is 4.72 Å². The normalized spacial score (nSPS) is 12.2. The van der Waals surface area contributed by atoms with Crippen molar-refractivity contribution in [2.75, 3.05) is 15.4 Å². The van der Waals surface area contributed by atoms with Crippen molar-refractivity contribution < 1.29 is 39.6 Å². The Morgan fingerprint density at radius 3 is 1.69 bits per heavy atom. The van der Waals surface area contributed by atoms with E-state index in [1.807, 2.05) is 4.72 Å². The number of alkyl halides is 6. The molecule has 3 N–H and O–H groups in total. The first kappa shape index (κ1) is 26.3. The van der Waals surface area contributed by atoms with E-state index in [1.54, 1.807) is 24.3 Å². The lowest BCUT2D eigenvalue weighted by molar-refractivity contribution is -0.143. The smallest absolute Gasteiger partial charge is 0.307 e. The van der Waals surface area contributed by atoms with Gasteiger partial charge in [-0.1, -0.05) is 24.3 Å². The average molecular weight is 582 g/mol. The molecule has 35 heavy (non-hydrogen) atoms. The number of carbonyl (C=O) groups excluding carboxylic acids is 1. The summed E-state index contributed by atoms with van der Waals surface area (Å²) in [7, 11) is -4.93. The van der Waals surface area contributed by atoms with E-state index in [-0.39, 0.29) is 29.6 Å². The van der Waals surface area contributed by atoms with Crippen LogP contribution in [-0.4, -0.2) is 14.4 Å². The van der Waals surface area contributed by atoms with Gasteiger partial charge < -0.3 is 10.6 Å². The lowest BCUT2D eigenvalue weighted by Gasteiger charge is -2.17. The summed E-state index contributed by atoms with van der Waals surface area (Å²) >= 11 is 3.24. The van der Waals surface area contributed by atoms with Crippen LogP contribution in [0.25, 0.3) is 0 Å². The summed E-state index contributed by atoms with van der Waals surface area (Å²) in [5.74, 6) is 0. The Labute approximate surface area is 203 Å². The lowest BCUT2D eigenvalue weighted by atomic mass is 10.1. The number of rotatable bonds is 5. The largest absolute Gasteiger partial charge is 0.416 e. The van der Waals surface area contributed by atoms with Crippen molar-refractivity contribution in [3.8, 4) is 0 Å². The fraction of sp³-hybridized carbons (Fsp3) is 0.0952. The molecule has 3 rings (SSSR count). The topological polar surface area (TPSA) is 87.3 Å². The minimum Gasteiger partial charge on any atom is -0.307 e. The zero-order chi connectivity index (χ0) is 26.0.